The van der Waals surface area contributed by atoms with Crippen molar-refractivity contribution in [2.24, 2.45) is 5.41 Å². The van der Waals surface area contributed by atoms with Crippen LogP contribution in [0.15, 0.2) is 22.8 Å². The topological polar surface area (TPSA) is 75.4 Å². The van der Waals surface area contributed by atoms with Crippen molar-refractivity contribution < 1.29 is 14.0 Å². The molecule has 1 N–H and O–H groups in total. The number of thiazole rings is 1. The SMILES string of the molecule is CC(C)(C)CC(=O)N1CCc2nc(NC(=O)c3ccco3)sc2C1. The Labute approximate surface area is 144 Å². The third-order valence-electron chi connectivity index (χ3n) is 3.73. The molecule has 0 bridgehead atoms. The lowest BCUT2D eigenvalue weighted by molar-refractivity contribution is -0.133. The summed E-state index contributed by atoms with van der Waals surface area (Å²) in [4.78, 5) is 31.8. The molecule has 0 fully saturated rings. The molecule has 0 unspecified atom stereocenters. The summed E-state index contributed by atoms with van der Waals surface area (Å²) in [5.74, 6) is 0.111. The van der Waals surface area contributed by atoms with Gasteiger partial charge in [0, 0.05) is 24.3 Å². The fourth-order valence-corrected chi connectivity index (χ4v) is 3.61. The van der Waals surface area contributed by atoms with Crippen LogP contribution in [0.1, 0.15) is 48.3 Å². The molecule has 7 heteroatoms. The number of hydrogen-bond acceptors (Lipinski definition) is 5. The molecule has 2 aromatic rings. The zero-order valence-corrected chi connectivity index (χ0v) is 14.9. The molecule has 0 aliphatic carbocycles. The number of carbonyl (C=O) groups excluding carboxylic acids is 2. The number of carbonyl (C=O) groups is 2. The number of amides is 2. The van der Waals surface area contributed by atoms with Crippen molar-refractivity contribution in [3.05, 3.63) is 34.7 Å². The van der Waals surface area contributed by atoms with Crippen molar-refractivity contribution in [1.82, 2.24) is 9.88 Å². The third-order valence-corrected chi connectivity index (χ3v) is 4.73. The Morgan fingerprint density at radius 3 is 2.88 bits per heavy atom. The molecule has 3 rings (SSSR count). The van der Waals surface area contributed by atoms with E-state index in [-0.39, 0.29) is 23.0 Å². The van der Waals surface area contributed by atoms with Crippen molar-refractivity contribution in [3.8, 4) is 0 Å². The normalized spacial score (nSPS) is 14.4. The van der Waals surface area contributed by atoms with Crippen LogP contribution in [-0.4, -0.2) is 28.2 Å². The van der Waals surface area contributed by atoms with Gasteiger partial charge >= 0.3 is 0 Å². The van der Waals surface area contributed by atoms with Crippen LogP contribution in [0.4, 0.5) is 5.13 Å². The number of furan rings is 1. The first kappa shape index (κ1) is 16.7. The summed E-state index contributed by atoms with van der Waals surface area (Å²) in [5, 5.41) is 3.30. The molecule has 0 atom stereocenters. The second-order valence-corrected chi connectivity index (χ2v) is 8.21. The van der Waals surface area contributed by atoms with Crippen molar-refractivity contribution in [3.63, 3.8) is 0 Å². The first-order valence-electron chi connectivity index (χ1n) is 7.93. The summed E-state index contributed by atoms with van der Waals surface area (Å²) in [6, 6.07) is 3.27. The minimum Gasteiger partial charge on any atom is -0.459 e. The van der Waals surface area contributed by atoms with Crippen molar-refractivity contribution in [1.29, 1.82) is 0 Å². The van der Waals surface area contributed by atoms with Gasteiger partial charge < -0.3 is 9.32 Å². The second kappa shape index (κ2) is 6.39. The average Bonchev–Trinajstić information content (AvgIpc) is 3.13. The number of rotatable bonds is 3. The molecule has 0 radical (unpaired) electrons. The van der Waals surface area contributed by atoms with E-state index < -0.39 is 0 Å². The van der Waals surface area contributed by atoms with Gasteiger partial charge in [-0.3, -0.25) is 14.9 Å². The standard InChI is InChI=1S/C17H21N3O3S/c1-17(2,3)9-14(21)20-7-6-11-13(10-20)24-16(18-11)19-15(22)12-5-4-8-23-12/h4-5,8H,6-7,9-10H2,1-3H3,(H,18,19,22). The summed E-state index contributed by atoms with van der Waals surface area (Å²) in [7, 11) is 0. The van der Waals surface area contributed by atoms with E-state index in [0.717, 1.165) is 17.0 Å². The molecule has 128 valence electrons. The molecule has 0 saturated carbocycles. The summed E-state index contributed by atoms with van der Waals surface area (Å²) in [5.41, 5.74) is 0.947. The van der Waals surface area contributed by atoms with Gasteiger partial charge in [0.25, 0.3) is 5.91 Å². The fourth-order valence-electron chi connectivity index (χ4n) is 2.59. The Bertz CT molecular complexity index is 744. The Morgan fingerprint density at radius 1 is 1.42 bits per heavy atom. The summed E-state index contributed by atoms with van der Waals surface area (Å²) in [6.07, 6.45) is 2.71. The molecule has 2 amide bonds. The van der Waals surface area contributed by atoms with Gasteiger partial charge in [-0.05, 0) is 17.5 Å². The number of anilines is 1. The Morgan fingerprint density at radius 2 is 2.21 bits per heavy atom. The highest BCUT2D eigenvalue weighted by Gasteiger charge is 2.27. The Balaban J connectivity index is 1.66. The van der Waals surface area contributed by atoms with E-state index in [1.54, 1.807) is 12.1 Å². The van der Waals surface area contributed by atoms with Crippen molar-refractivity contribution in [2.45, 2.75) is 40.2 Å². The number of aromatic nitrogens is 1. The molecule has 6 nitrogen and oxygen atoms in total. The van der Waals surface area contributed by atoms with Crippen LogP contribution >= 0.6 is 11.3 Å². The summed E-state index contributed by atoms with van der Waals surface area (Å²) in [6.45, 7) is 7.44. The van der Waals surface area contributed by atoms with Gasteiger partial charge in [0.2, 0.25) is 5.91 Å². The van der Waals surface area contributed by atoms with E-state index in [4.69, 9.17) is 4.42 Å². The van der Waals surface area contributed by atoms with Gasteiger partial charge in [-0.2, -0.15) is 0 Å². The maximum Gasteiger partial charge on any atom is 0.293 e. The number of nitrogens with zero attached hydrogens (tertiary/aromatic N) is 2. The van der Waals surface area contributed by atoms with Crippen LogP contribution in [0.3, 0.4) is 0 Å². The average molecular weight is 347 g/mol. The summed E-state index contributed by atoms with van der Waals surface area (Å²) < 4.78 is 5.08. The van der Waals surface area contributed by atoms with Crippen LogP contribution in [0.25, 0.3) is 0 Å². The van der Waals surface area contributed by atoms with E-state index in [1.807, 2.05) is 4.90 Å². The monoisotopic (exact) mass is 347 g/mol. The lowest BCUT2D eigenvalue weighted by Gasteiger charge is -2.29. The van der Waals surface area contributed by atoms with E-state index in [1.165, 1.54) is 17.6 Å². The van der Waals surface area contributed by atoms with Gasteiger partial charge in [0.15, 0.2) is 10.9 Å². The Kier molecular flexibility index (Phi) is 4.45. The van der Waals surface area contributed by atoms with Crippen LogP contribution < -0.4 is 5.32 Å². The lowest BCUT2D eigenvalue weighted by atomic mass is 9.91. The molecular weight excluding hydrogens is 326 g/mol. The largest absolute Gasteiger partial charge is 0.459 e. The molecule has 1 aliphatic rings. The first-order valence-corrected chi connectivity index (χ1v) is 8.75. The van der Waals surface area contributed by atoms with Crippen LogP contribution in [0.5, 0.6) is 0 Å². The Hall–Kier alpha value is -2.15. The predicted octanol–water partition coefficient (Wildman–Crippen LogP) is 3.31. The van der Waals surface area contributed by atoms with Gasteiger partial charge in [-0.15, -0.1) is 0 Å². The van der Waals surface area contributed by atoms with E-state index >= 15 is 0 Å². The zero-order chi connectivity index (χ0) is 17.3. The maximum absolute atomic E-state index is 12.4. The zero-order valence-electron chi connectivity index (χ0n) is 14.1. The quantitative estimate of drug-likeness (QED) is 0.924. The highest BCUT2D eigenvalue weighted by Crippen LogP contribution is 2.30. The van der Waals surface area contributed by atoms with Crippen molar-refractivity contribution in [2.75, 3.05) is 11.9 Å². The minimum absolute atomic E-state index is 0.0206. The number of nitrogens with one attached hydrogen (secondary N) is 1. The molecule has 1 aliphatic heterocycles. The molecule has 0 aromatic carbocycles. The number of fused-ring (bicyclic) bond motifs is 1. The molecule has 0 saturated heterocycles. The van der Waals surface area contributed by atoms with E-state index in [9.17, 15) is 9.59 Å². The molecule has 24 heavy (non-hydrogen) atoms. The van der Waals surface area contributed by atoms with Crippen molar-refractivity contribution >= 4 is 28.3 Å². The lowest BCUT2D eigenvalue weighted by Crippen LogP contribution is -2.37. The minimum atomic E-state index is -0.313. The third kappa shape index (κ3) is 3.84. The predicted molar refractivity (Wildman–Crippen MR) is 92.0 cm³/mol. The van der Waals surface area contributed by atoms with Gasteiger partial charge in [-0.25, -0.2) is 4.98 Å². The number of hydrogen-bond donors (Lipinski definition) is 1. The van der Waals surface area contributed by atoms with Gasteiger partial charge in [0.05, 0.1) is 18.5 Å². The maximum atomic E-state index is 12.4. The first-order chi connectivity index (χ1) is 11.3. The van der Waals surface area contributed by atoms with Gasteiger partial charge in [-0.1, -0.05) is 32.1 Å². The second-order valence-electron chi connectivity index (χ2n) is 7.12. The fraction of sp³-hybridized carbons (Fsp3) is 0.471. The van der Waals surface area contributed by atoms with E-state index in [2.05, 4.69) is 31.1 Å². The highest BCUT2D eigenvalue weighted by atomic mass is 32.1. The van der Waals surface area contributed by atoms with Crippen LogP contribution in [0, 0.1) is 5.41 Å². The van der Waals surface area contributed by atoms with E-state index in [0.29, 0.717) is 24.6 Å². The van der Waals surface area contributed by atoms with Gasteiger partial charge in [0.1, 0.15) is 0 Å². The summed E-state index contributed by atoms with van der Waals surface area (Å²) >= 11 is 1.42. The smallest absolute Gasteiger partial charge is 0.293 e. The molecule has 2 aromatic heterocycles. The van der Waals surface area contributed by atoms with Crippen LogP contribution in [0.2, 0.25) is 0 Å². The molecule has 3 heterocycles. The molecular formula is C17H21N3O3S. The molecule has 0 spiro atoms. The highest BCUT2D eigenvalue weighted by molar-refractivity contribution is 7.15. The van der Waals surface area contributed by atoms with Crippen LogP contribution in [-0.2, 0) is 17.8 Å².